The minimum Gasteiger partial charge on any atom is -0.477 e. The van der Waals surface area contributed by atoms with E-state index in [1.54, 1.807) is 0 Å². The van der Waals surface area contributed by atoms with Crippen LogP contribution in [0.3, 0.4) is 0 Å². The molecule has 0 fully saturated rings. The molecule has 2 aromatic rings. The first-order chi connectivity index (χ1) is 9.02. The van der Waals surface area contributed by atoms with Crippen molar-refractivity contribution in [3.05, 3.63) is 70.4 Å². The summed E-state index contributed by atoms with van der Waals surface area (Å²) in [5, 5.41) is 8.99. The van der Waals surface area contributed by atoms with Gasteiger partial charge in [-0.15, -0.1) is 0 Å². The lowest BCUT2D eigenvalue weighted by Crippen LogP contribution is -2.25. The zero-order chi connectivity index (χ0) is 14.0. The highest BCUT2D eigenvalue weighted by atomic mass is 19.1. The topological polar surface area (TPSA) is 59.3 Å². The zero-order valence-corrected chi connectivity index (χ0v) is 9.84. The summed E-state index contributed by atoms with van der Waals surface area (Å²) in [5.74, 6) is -1.75. The van der Waals surface area contributed by atoms with E-state index in [1.807, 2.05) is 0 Å². The fourth-order valence-electron chi connectivity index (χ4n) is 1.66. The van der Waals surface area contributed by atoms with Crippen LogP contribution in [-0.4, -0.2) is 15.6 Å². The molecule has 0 radical (unpaired) electrons. The minimum absolute atomic E-state index is 0.360. The lowest BCUT2D eigenvalue weighted by atomic mass is 10.2. The Kier molecular flexibility index (Phi) is 3.29. The molecule has 0 saturated carbocycles. The molecule has 0 aliphatic rings. The number of carboxylic acid groups (broad SMARTS) is 1. The summed E-state index contributed by atoms with van der Waals surface area (Å²) >= 11 is 0. The van der Waals surface area contributed by atoms with Crippen LogP contribution >= 0.6 is 0 Å². The summed E-state index contributed by atoms with van der Waals surface area (Å²) in [6.45, 7) is 3.54. The van der Waals surface area contributed by atoms with Gasteiger partial charge in [0.2, 0.25) is 0 Å². The lowest BCUT2D eigenvalue weighted by molar-refractivity contribution is 0.0694. The van der Waals surface area contributed by atoms with Crippen molar-refractivity contribution in [3.8, 4) is 5.69 Å². The van der Waals surface area contributed by atoms with Crippen LogP contribution in [0.1, 0.15) is 15.9 Å². The van der Waals surface area contributed by atoms with Gasteiger partial charge in [-0.3, -0.25) is 9.36 Å². The molecule has 0 spiro atoms. The van der Waals surface area contributed by atoms with Gasteiger partial charge in [0.05, 0.1) is 0 Å². The van der Waals surface area contributed by atoms with Gasteiger partial charge in [-0.1, -0.05) is 12.7 Å². The number of carboxylic acids is 1. The number of aromatic nitrogens is 1. The van der Waals surface area contributed by atoms with Crippen LogP contribution in [0.5, 0.6) is 0 Å². The molecule has 0 aliphatic heterocycles. The highest BCUT2D eigenvalue weighted by molar-refractivity contribution is 5.88. The van der Waals surface area contributed by atoms with Crippen LogP contribution in [-0.2, 0) is 0 Å². The Bertz CT molecular complexity index is 702. The fourth-order valence-corrected chi connectivity index (χ4v) is 1.66. The van der Waals surface area contributed by atoms with Crippen molar-refractivity contribution in [1.82, 2.24) is 4.57 Å². The fraction of sp³-hybridized carbons (Fsp3) is 0. The summed E-state index contributed by atoms with van der Waals surface area (Å²) in [6, 6.07) is 6.44. The van der Waals surface area contributed by atoms with E-state index in [9.17, 15) is 14.0 Å². The molecule has 0 aliphatic carbocycles. The molecular formula is C14H10FNO3. The third-order valence-corrected chi connectivity index (χ3v) is 2.61. The highest BCUT2D eigenvalue weighted by Gasteiger charge is 2.13. The number of rotatable bonds is 3. The average Bonchev–Trinajstić information content (AvgIpc) is 2.40. The Balaban J connectivity index is 2.72. The van der Waals surface area contributed by atoms with Crippen LogP contribution in [0, 0.1) is 5.82 Å². The van der Waals surface area contributed by atoms with Crippen molar-refractivity contribution < 1.29 is 14.3 Å². The van der Waals surface area contributed by atoms with Gasteiger partial charge in [-0.2, -0.15) is 0 Å². The van der Waals surface area contributed by atoms with Gasteiger partial charge in [-0.25, -0.2) is 9.18 Å². The van der Waals surface area contributed by atoms with Crippen LogP contribution in [0.2, 0.25) is 0 Å². The monoisotopic (exact) mass is 259 g/mol. The van der Waals surface area contributed by atoms with Crippen LogP contribution in [0.4, 0.5) is 4.39 Å². The Morgan fingerprint density at radius 2 is 1.95 bits per heavy atom. The molecule has 0 amide bonds. The van der Waals surface area contributed by atoms with Crippen molar-refractivity contribution in [2.45, 2.75) is 0 Å². The maximum Gasteiger partial charge on any atom is 0.341 e. The standard InChI is InChI=1S/C14H10FNO3/c1-2-9-7-12(14(18)19)13(17)16(8-9)11-5-3-10(15)4-6-11/h2-8H,1H2,(H,18,19). The SMILES string of the molecule is C=Cc1cc(C(=O)O)c(=O)n(-c2ccc(F)cc2)c1. The quantitative estimate of drug-likeness (QED) is 0.920. The molecule has 1 aromatic heterocycles. The number of hydrogen-bond donors (Lipinski definition) is 1. The lowest BCUT2D eigenvalue weighted by Gasteiger charge is -2.08. The van der Waals surface area contributed by atoms with E-state index < -0.39 is 17.3 Å². The maximum absolute atomic E-state index is 12.9. The molecule has 5 heteroatoms. The first kappa shape index (κ1) is 12.8. The molecule has 0 atom stereocenters. The molecule has 19 heavy (non-hydrogen) atoms. The Hall–Kier alpha value is -2.69. The number of nitrogens with zero attached hydrogens (tertiary/aromatic N) is 1. The van der Waals surface area contributed by atoms with Gasteiger partial charge < -0.3 is 5.11 Å². The number of aromatic carboxylic acids is 1. The van der Waals surface area contributed by atoms with E-state index >= 15 is 0 Å². The first-order valence-corrected chi connectivity index (χ1v) is 5.41. The Morgan fingerprint density at radius 1 is 1.32 bits per heavy atom. The third-order valence-electron chi connectivity index (χ3n) is 2.61. The number of pyridine rings is 1. The smallest absolute Gasteiger partial charge is 0.341 e. The van der Waals surface area contributed by atoms with Crippen LogP contribution in [0.15, 0.2) is 47.9 Å². The van der Waals surface area contributed by atoms with Crippen LogP contribution < -0.4 is 5.56 Å². The molecule has 1 N–H and O–H groups in total. The third kappa shape index (κ3) is 2.44. The van der Waals surface area contributed by atoms with Gasteiger partial charge in [0.15, 0.2) is 0 Å². The summed E-state index contributed by atoms with van der Waals surface area (Å²) in [4.78, 5) is 23.0. The number of halogens is 1. The van der Waals surface area contributed by atoms with E-state index in [0.717, 1.165) is 4.57 Å². The van der Waals surface area contributed by atoms with Crippen molar-refractivity contribution >= 4 is 12.0 Å². The second-order valence-corrected chi connectivity index (χ2v) is 3.85. The number of benzene rings is 1. The van der Waals surface area contributed by atoms with E-state index in [2.05, 4.69) is 6.58 Å². The molecule has 2 rings (SSSR count). The number of hydrogen-bond acceptors (Lipinski definition) is 2. The van der Waals surface area contributed by atoms with E-state index in [1.165, 1.54) is 42.6 Å². The average molecular weight is 259 g/mol. The van der Waals surface area contributed by atoms with Gasteiger partial charge >= 0.3 is 5.97 Å². The Morgan fingerprint density at radius 3 is 2.47 bits per heavy atom. The normalized spacial score (nSPS) is 10.2. The first-order valence-electron chi connectivity index (χ1n) is 5.41. The maximum atomic E-state index is 12.9. The number of carbonyl (C=O) groups is 1. The molecule has 1 aromatic carbocycles. The predicted octanol–water partition coefficient (Wildman–Crippen LogP) is 2.32. The summed E-state index contributed by atoms with van der Waals surface area (Å²) in [5.41, 5.74) is -0.162. The molecule has 1 heterocycles. The van der Waals surface area contributed by atoms with E-state index in [0.29, 0.717) is 11.3 Å². The molecule has 0 saturated heterocycles. The highest BCUT2D eigenvalue weighted by Crippen LogP contribution is 2.10. The van der Waals surface area contributed by atoms with Crippen molar-refractivity contribution in [2.24, 2.45) is 0 Å². The van der Waals surface area contributed by atoms with Gasteiger partial charge in [0.1, 0.15) is 11.4 Å². The van der Waals surface area contributed by atoms with Crippen molar-refractivity contribution in [3.63, 3.8) is 0 Å². The van der Waals surface area contributed by atoms with Gasteiger partial charge in [0, 0.05) is 11.9 Å². The second-order valence-electron chi connectivity index (χ2n) is 3.85. The summed E-state index contributed by atoms with van der Waals surface area (Å²) < 4.78 is 14.0. The van der Waals surface area contributed by atoms with E-state index in [-0.39, 0.29) is 5.56 Å². The van der Waals surface area contributed by atoms with Crippen LogP contribution in [0.25, 0.3) is 11.8 Å². The second kappa shape index (κ2) is 4.89. The molecule has 96 valence electrons. The molecule has 4 nitrogen and oxygen atoms in total. The summed E-state index contributed by atoms with van der Waals surface area (Å²) in [7, 11) is 0. The largest absolute Gasteiger partial charge is 0.477 e. The summed E-state index contributed by atoms with van der Waals surface area (Å²) in [6.07, 6.45) is 2.89. The van der Waals surface area contributed by atoms with Gasteiger partial charge in [0.25, 0.3) is 5.56 Å². The molecule has 0 unspecified atom stereocenters. The zero-order valence-electron chi connectivity index (χ0n) is 9.84. The Labute approximate surface area is 108 Å². The minimum atomic E-state index is -1.32. The predicted molar refractivity (Wildman–Crippen MR) is 69.0 cm³/mol. The van der Waals surface area contributed by atoms with Crippen molar-refractivity contribution in [2.75, 3.05) is 0 Å². The van der Waals surface area contributed by atoms with Gasteiger partial charge in [-0.05, 0) is 35.9 Å². The van der Waals surface area contributed by atoms with Crippen molar-refractivity contribution in [1.29, 1.82) is 0 Å². The molecular weight excluding hydrogens is 249 g/mol. The molecule has 0 bridgehead atoms. The van der Waals surface area contributed by atoms with E-state index in [4.69, 9.17) is 5.11 Å².